The zero-order valence-corrected chi connectivity index (χ0v) is 17.8. The van der Waals surface area contributed by atoms with Gasteiger partial charge in [0.05, 0.1) is 12.2 Å². The first-order chi connectivity index (χ1) is 13.9. The normalized spacial score (nSPS) is 13.0. The third-order valence-electron chi connectivity index (χ3n) is 4.79. The Labute approximate surface area is 174 Å². The SMILES string of the molecule is CCOC(=O)c1c(NC(=O)c2cccc(NC(=O)C(C)C)c2)sc2c1CCCC2. The second kappa shape index (κ2) is 9.22. The summed E-state index contributed by atoms with van der Waals surface area (Å²) in [6.45, 7) is 5.67. The van der Waals surface area contributed by atoms with E-state index in [0.29, 0.717) is 21.8 Å². The van der Waals surface area contributed by atoms with Crippen molar-refractivity contribution in [2.75, 3.05) is 17.2 Å². The molecule has 2 amide bonds. The van der Waals surface area contributed by atoms with Crippen molar-refractivity contribution >= 4 is 39.8 Å². The molecule has 0 radical (unpaired) electrons. The highest BCUT2D eigenvalue weighted by molar-refractivity contribution is 7.17. The molecule has 6 nitrogen and oxygen atoms in total. The molecule has 154 valence electrons. The monoisotopic (exact) mass is 414 g/mol. The Balaban J connectivity index is 1.85. The first-order valence-electron chi connectivity index (χ1n) is 9.94. The first-order valence-corrected chi connectivity index (χ1v) is 10.8. The van der Waals surface area contributed by atoms with Gasteiger partial charge in [-0.25, -0.2) is 4.79 Å². The van der Waals surface area contributed by atoms with Gasteiger partial charge in [0.25, 0.3) is 5.91 Å². The molecule has 0 spiro atoms. The van der Waals surface area contributed by atoms with Gasteiger partial charge in [0, 0.05) is 22.0 Å². The van der Waals surface area contributed by atoms with Crippen LogP contribution in [-0.4, -0.2) is 24.4 Å². The third kappa shape index (κ3) is 4.85. The molecule has 0 bridgehead atoms. The van der Waals surface area contributed by atoms with E-state index < -0.39 is 0 Å². The number of amides is 2. The van der Waals surface area contributed by atoms with Crippen LogP contribution in [0, 0.1) is 5.92 Å². The van der Waals surface area contributed by atoms with Gasteiger partial charge < -0.3 is 15.4 Å². The molecule has 1 aliphatic rings. The maximum Gasteiger partial charge on any atom is 0.341 e. The second-order valence-electron chi connectivity index (χ2n) is 7.31. The van der Waals surface area contributed by atoms with Crippen LogP contribution in [0.4, 0.5) is 10.7 Å². The van der Waals surface area contributed by atoms with Crippen LogP contribution in [0.1, 0.15) is 64.8 Å². The van der Waals surface area contributed by atoms with Crippen molar-refractivity contribution in [2.24, 2.45) is 5.92 Å². The molecule has 29 heavy (non-hydrogen) atoms. The van der Waals surface area contributed by atoms with Crippen molar-refractivity contribution in [2.45, 2.75) is 46.5 Å². The van der Waals surface area contributed by atoms with Crippen molar-refractivity contribution in [3.05, 3.63) is 45.8 Å². The van der Waals surface area contributed by atoms with Gasteiger partial charge in [-0.1, -0.05) is 19.9 Å². The molecule has 1 heterocycles. The van der Waals surface area contributed by atoms with Crippen molar-refractivity contribution in [1.29, 1.82) is 0 Å². The molecule has 2 aromatic rings. The van der Waals surface area contributed by atoms with E-state index in [1.807, 2.05) is 0 Å². The molecule has 3 rings (SSSR count). The fraction of sp³-hybridized carbons (Fsp3) is 0.409. The largest absolute Gasteiger partial charge is 0.462 e. The molecule has 0 unspecified atom stereocenters. The number of rotatable bonds is 6. The van der Waals surface area contributed by atoms with Crippen LogP contribution in [-0.2, 0) is 22.4 Å². The van der Waals surface area contributed by atoms with Crippen LogP contribution in [0.15, 0.2) is 24.3 Å². The number of thiophene rings is 1. The lowest BCUT2D eigenvalue weighted by Crippen LogP contribution is -2.19. The van der Waals surface area contributed by atoms with E-state index >= 15 is 0 Å². The number of hydrogen-bond donors (Lipinski definition) is 2. The summed E-state index contributed by atoms with van der Waals surface area (Å²) in [7, 11) is 0. The predicted octanol–water partition coefficient (Wildman–Crippen LogP) is 4.65. The Morgan fingerprint density at radius 3 is 2.62 bits per heavy atom. The quantitative estimate of drug-likeness (QED) is 0.674. The average molecular weight is 415 g/mol. The van der Waals surface area contributed by atoms with E-state index in [0.717, 1.165) is 36.1 Å². The van der Waals surface area contributed by atoms with Gasteiger partial charge in [0.2, 0.25) is 5.91 Å². The van der Waals surface area contributed by atoms with Crippen molar-refractivity contribution < 1.29 is 19.1 Å². The molecule has 1 aliphatic carbocycles. The highest BCUT2D eigenvalue weighted by atomic mass is 32.1. The predicted molar refractivity (Wildman–Crippen MR) is 115 cm³/mol. The summed E-state index contributed by atoms with van der Waals surface area (Å²) in [6.07, 6.45) is 3.85. The van der Waals surface area contributed by atoms with E-state index in [2.05, 4.69) is 10.6 Å². The number of anilines is 2. The minimum absolute atomic E-state index is 0.113. The molecule has 1 aromatic heterocycles. The van der Waals surface area contributed by atoms with Gasteiger partial charge in [0.1, 0.15) is 5.00 Å². The number of fused-ring (bicyclic) bond motifs is 1. The lowest BCUT2D eigenvalue weighted by molar-refractivity contribution is -0.118. The van der Waals surface area contributed by atoms with Crippen LogP contribution in [0.25, 0.3) is 0 Å². The molecule has 0 atom stereocenters. The molecule has 0 saturated heterocycles. The van der Waals surface area contributed by atoms with Crippen molar-refractivity contribution in [3.63, 3.8) is 0 Å². The average Bonchev–Trinajstić information content (AvgIpc) is 3.06. The topological polar surface area (TPSA) is 84.5 Å². The number of carbonyl (C=O) groups is 3. The van der Waals surface area contributed by atoms with Crippen molar-refractivity contribution in [3.8, 4) is 0 Å². The van der Waals surface area contributed by atoms with Gasteiger partial charge in [0.15, 0.2) is 0 Å². The Hall–Kier alpha value is -2.67. The maximum absolute atomic E-state index is 12.9. The molecule has 2 N–H and O–H groups in total. The molecule has 0 fully saturated rings. The van der Waals surface area contributed by atoms with Gasteiger partial charge in [-0.05, 0) is 56.4 Å². The van der Waals surface area contributed by atoms with Crippen molar-refractivity contribution in [1.82, 2.24) is 0 Å². The minimum Gasteiger partial charge on any atom is -0.462 e. The third-order valence-corrected chi connectivity index (χ3v) is 6.00. The van der Waals surface area contributed by atoms with Gasteiger partial charge in [-0.2, -0.15) is 0 Å². The number of esters is 1. The van der Waals surface area contributed by atoms with Crippen LogP contribution >= 0.6 is 11.3 Å². The highest BCUT2D eigenvalue weighted by Crippen LogP contribution is 2.38. The summed E-state index contributed by atoms with van der Waals surface area (Å²) in [5, 5.41) is 6.23. The molecule has 7 heteroatoms. The number of hydrogen-bond acceptors (Lipinski definition) is 5. The number of ether oxygens (including phenoxy) is 1. The highest BCUT2D eigenvalue weighted by Gasteiger charge is 2.27. The Morgan fingerprint density at radius 1 is 1.14 bits per heavy atom. The minimum atomic E-state index is -0.389. The fourth-order valence-corrected chi connectivity index (χ4v) is 4.55. The summed E-state index contributed by atoms with van der Waals surface area (Å²) >= 11 is 1.46. The summed E-state index contributed by atoms with van der Waals surface area (Å²) in [5.41, 5.74) is 2.47. The standard InChI is InChI=1S/C22H26N2O4S/c1-4-28-22(27)18-16-10-5-6-11-17(16)29-21(18)24-20(26)14-8-7-9-15(12-14)23-19(25)13(2)3/h7-9,12-13H,4-6,10-11H2,1-3H3,(H,23,25)(H,24,26). The molecule has 0 saturated carbocycles. The van der Waals surface area contributed by atoms with E-state index in [9.17, 15) is 14.4 Å². The molecular formula is C22H26N2O4S. The number of carbonyl (C=O) groups excluding carboxylic acids is 3. The lowest BCUT2D eigenvalue weighted by Gasteiger charge is -2.12. The zero-order chi connectivity index (χ0) is 21.0. The van der Waals surface area contributed by atoms with Gasteiger partial charge in [-0.15, -0.1) is 11.3 Å². The Kier molecular flexibility index (Phi) is 6.69. The van der Waals surface area contributed by atoms with E-state index in [-0.39, 0.29) is 30.3 Å². The van der Waals surface area contributed by atoms with Crippen LogP contribution in [0.2, 0.25) is 0 Å². The molecule has 0 aliphatic heterocycles. The van der Waals surface area contributed by atoms with E-state index in [1.54, 1.807) is 45.0 Å². The molecular weight excluding hydrogens is 388 g/mol. The van der Waals surface area contributed by atoms with E-state index in [1.165, 1.54) is 11.3 Å². The number of aryl methyl sites for hydroxylation is 1. The summed E-state index contributed by atoms with van der Waals surface area (Å²) < 4.78 is 5.23. The lowest BCUT2D eigenvalue weighted by atomic mass is 9.95. The Bertz CT molecular complexity index is 933. The van der Waals surface area contributed by atoms with Gasteiger partial charge >= 0.3 is 5.97 Å². The summed E-state index contributed by atoms with van der Waals surface area (Å²) in [5.74, 6) is -0.981. The summed E-state index contributed by atoms with van der Waals surface area (Å²) in [6, 6.07) is 6.77. The smallest absolute Gasteiger partial charge is 0.341 e. The van der Waals surface area contributed by atoms with Crippen LogP contribution in [0.3, 0.4) is 0 Å². The Morgan fingerprint density at radius 2 is 1.90 bits per heavy atom. The maximum atomic E-state index is 12.9. The number of benzene rings is 1. The first kappa shape index (κ1) is 21.0. The van der Waals surface area contributed by atoms with E-state index in [4.69, 9.17) is 4.74 Å². The molecule has 1 aromatic carbocycles. The number of nitrogens with one attached hydrogen (secondary N) is 2. The fourth-order valence-electron chi connectivity index (χ4n) is 3.27. The van der Waals surface area contributed by atoms with Crippen LogP contribution < -0.4 is 10.6 Å². The summed E-state index contributed by atoms with van der Waals surface area (Å²) in [4.78, 5) is 38.5. The second-order valence-corrected chi connectivity index (χ2v) is 8.42. The van der Waals surface area contributed by atoms with Crippen LogP contribution in [0.5, 0.6) is 0 Å². The zero-order valence-electron chi connectivity index (χ0n) is 17.0. The van der Waals surface area contributed by atoms with Gasteiger partial charge in [-0.3, -0.25) is 9.59 Å².